The number of rotatable bonds is 5. The van der Waals surface area contributed by atoms with Gasteiger partial charge in [-0.15, -0.1) is 0 Å². The fourth-order valence-corrected chi connectivity index (χ4v) is 2.00. The maximum atomic E-state index is 5.88. The Morgan fingerprint density at radius 3 is 2.55 bits per heavy atom. The summed E-state index contributed by atoms with van der Waals surface area (Å²) >= 11 is 5.88. The monoisotopic (exact) mass is 320 g/mol. The second-order valence-electron chi connectivity index (χ2n) is 4.92. The molecule has 2 N–H and O–H groups in total. The quantitative estimate of drug-likeness (QED) is 0.656. The van der Waals surface area contributed by atoms with Gasteiger partial charge < -0.3 is 15.1 Å². The third kappa shape index (κ3) is 4.77. The normalized spacial score (nSPS) is 11.5. The van der Waals surface area contributed by atoms with E-state index in [-0.39, 0.29) is 0 Å². The second kappa shape index (κ2) is 7.84. The number of benzene rings is 1. The lowest BCUT2D eigenvalue weighted by molar-refractivity contribution is 0.463. The average Bonchev–Trinajstić information content (AvgIpc) is 2.82. The molecule has 0 aliphatic heterocycles. The van der Waals surface area contributed by atoms with Crippen LogP contribution in [-0.2, 0) is 13.1 Å². The fraction of sp³-hybridized carbons (Fsp3) is 0.375. The number of aryl methyl sites for hydroxylation is 2. The summed E-state index contributed by atoms with van der Waals surface area (Å²) in [6, 6.07) is 7.67. The molecule has 0 atom stereocenters. The van der Waals surface area contributed by atoms with E-state index in [4.69, 9.17) is 16.0 Å². The Kier molecular flexibility index (Phi) is 5.83. The van der Waals surface area contributed by atoms with E-state index >= 15 is 0 Å². The van der Waals surface area contributed by atoms with Crippen LogP contribution in [0.25, 0.3) is 0 Å². The van der Waals surface area contributed by atoms with Crippen LogP contribution in [0.15, 0.2) is 33.7 Å². The van der Waals surface area contributed by atoms with Gasteiger partial charge in [0.1, 0.15) is 5.76 Å². The van der Waals surface area contributed by atoms with E-state index < -0.39 is 0 Å². The van der Waals surface area contributed by atoms with Crippen molar-refractivity contribution in [1.82, 2.24) is 15.6 Å². The summed E-state index contributed by atoms with van der Waals surface area (Å²) in [4.78, 5) is 8.88. The molecule has 0 aliphatic carbocycles. The predicted molar refractivity (Wildman–Crippen MR) is 89.1 cm³/mol. The van der Waals surface area contributed by atoms with E-state index in [1.165, 1.54) is 0 Å². The Balaban J connectivity index is 1.96. The Morgan fingerprint density at radius 2 is 1.95 bits per heavy atom. The third-order valence-corrected chi connectivity index (χ3v) is 3.41. The molecule has 0 saturated carbocycles. The summed E-state index contributed by atoms with van der Waals surface area (Å²) in [5.74, 6) is 2.23. The van der Waals surface area contributed by atoms with Gasteiger partial charge in [-0.3, -0.25) is 0 Å². The highest BCUT2D eigenvalue weighted by atomic mass is 35.5. The maximum absolute atomic E-state index is 5.88. The molecule has 1 aromatic heterocycles. The van der Waals surface area contributed by atoms with Gasteiger partial charge in [0.15, 0.2) is 5.96 Å². The second-order valence-corrected chi connectivity index (χ2v) is 5.36. The lowest BCUT2D eigenvalue weighted by Crippen LogP contribution is -2.36. The molecule has 0 unspecified atom stereocenters. The van der Waals surface area contributed by atoms with Crippen LogP contribution in [0.4, 0.5) is 0 Å². The van der Waals surface area contributed by atoms with E-state index in [2.05, 4.69) is 20.6 Å². The van der Waals surface area contributed by atoms with Crippen LogP contribution in [0.3, 0.4) is 0 Å². The highest BCUT2D eigenvalue weighted by molar-refractivity contribution is 6.30. The summed E-state index contributed by atoms with van der Waals surface area (Å²) in [5, 5.41) is 7.14. The highest BCUT2D eigenvalue weighted by Gasteiger charge is 2.06. The highest BCUT2D eigenvalue weighted by Crippen LogP contribution is 2.10. The number of hydrogen-bond donors (Lipinski definition) is 2. The van der Waals surface area contributed by atoms with Crippen LogP contribution < -0.4 is 10.6 Å². The minimum absolute atomic E-state index is 0.501. The van der Waals surface area contributed by atoms with Crippen molar-refractivity contribution >= 4 is 17.6 Å². The van der Waals surface area contributed by atoms with Crippen LogP contribution in [0.1, 0.15) is 29.8 Å². The van der Waals surface area contributed by atoms with E-state index in [0.29, 0.717) is 19.0 Å². The number of oxazole rings is 1. The lowest BCUT2D eigenvalue weighted by atomic mass is 10.2. The van der Waals surface area contributed by atoms with Gasteiger partial charge in [0.25, 0.3) is 0 Å². The Hall–Kier alpha value is -2.01. The van der Waals surface area contributed by atoms with Crippen molar-refractivity contribution in [3.63, 3.8) is 0 Å². The predicted octanol–water partition coefficient (Wildman–Crippen LogP) is 3.20. The molecular formula is C16H21ClN4O. The minimum Gasteiger partial charge on any atom is -0.444 e. The number of aromatic nitrogens is 1. The first-order chi connectivity index (χ1) is 10.6. The van der Waals surface area contributed by atoms with Gasteiger partial charge in [0.2, 0.25) is 5.89 Å². The number of aliphatic imine (C=N–C) groups is 1. The molecule has 2 aromatic rings. The molecule has 1 aromatic carbocycles. The average molecular weight is 321 g/mol. The number of guanidine groups is 1. The van der Waals surface area contributed by atoms with Crippen molar-refractivity contribution in [2.24, 2.45) is 4.99 Å². The number of nitrogens with one attached hydrogen (secondary N) is 2. The summed E-state index contributed by atoms with van der Waals surface area (Å²) < 4.78 is 5.55. The van der Waals surface area contributed by atoms with Crippen molar-refractivity contribution in [3.05, 3.63) is 52.2 Å². The van der Waals surface area contributed by atoms with Gasteiger partial charge in [-0.05, 0) is 38.5 Å². The SMILES string of the molecule is CCNC(=NCc1ccc(Cl)cc1)NCc1nc(C)c(C)o1. The zero-order chi connectivity index (χ0) is 15.9. The number of halogens is 1. The summed E-state index contributed by atoms with van der Waals surface area (Å²) in [6.07, 6.45) is 0. The van der Waals surface area contributed by atoms with Gasteiger partial charge in [-0.25, -0.2) is 9.98 Å². The molecule has 0 bridgehead atoms. The van der Waals surface area contributed by atoms with E-state index in [0.717, 1.165) is 34.5 Å². The van der Waals surface area contributed by atoms with Crippen LogP contribution in [-0.4, -0.2) is 17.5 Å². The summed E-state index contributed by atoms with van der Waals surface area (Å²) in [7, 11) is 0. The summed E-state index contributed by atoms with van der Waals surface area (Å²) in [5.41, 5.74) is 2.02. The van der Waals surface area contributed by atoms with Gasteiger partial charge in [-0.1, -0.05) is 23.7 Å². The van der Waals surface area contributed by atoms with Crippen molar-refractivity contribution in [2.75, 3.05) is 6.54 Å². The Morgan fingerprint density at radius 1 is 1.23 bits per heavy atom. The molecule has 6 heteroatoms. The van der Waals surface area contributed by atoms with E-state index in [9.17, 15) is 0 Å². The third-order valence-electron chi connectivity index (χ3n) is 3.16. The zero-order valence-corrected chi connectivity index (χ0v) is 13.9. The molecule has 1 heterocycles. The van der Waals surface area contributed by atoms with Crippen molar-refractivity contribution in [3.8, 4) is 0 Å². The van der Waals surface area contributed by atoms with Crippen molar-refractivity contribution < 1.29 is 4.42 Å². The molecule has 118 valence electrons. The van der Waals surface area contributed by atoms with Crippen molar-refractivity contribution in [1.29, 1.82) is 0 Å². The smallest absolute Gasteiger partial charge is 0.214 e. The Bertz CT molecular complexity index is 615. The molecule has 0 spiro atoms. The standard InChI is InChI=1S/C16H21ClN4O/c1-4-18-16(19-9-13-5-7-14(17)8-6-13)20-10-15-21-11(2)12(3)22-15/h5-8H,4,9-10H2,1-3H3,(H2,18,19,20). The molecule has 0 fully saturated rings. The molecule has 0 aliphatic rings. The van der Waals surface area contributed by atoms with Crippen LogP contribution in [0, 0.1) is 13.8 Å². The number of hydrogen-bond acceptors (Lipinski definition) is 3. The molecule has 0 radical (unpaired) electrons. The van der Waals surface area contributed by atoms with Crippen LogP contribution in [0.2, 0.25) is 5.02 Å². The molecular weight excluding hydrogens is 300 g/mol. The van der Waals surface area contributed by atoms with Crippen molar-refractivity contribution in [2.45, 2.75) is 33.9 Å². The molecule has 0 saturated heterocycles. The van der Waals surface area contributed by atoms with E-state index in [1.54, 1.807) is 0 Å². The molecule has 2 rings (SSSR count). The van der Waals surface area contributed by atoms with Gasteiger partial charge in [0.05, 0.1) is 18.8 Å². The zero-order valence-electron chi connectivity index (χ0n) is 13.1. The lowest BCUT2D eigenvalue weighted by Gasteiger charge is -2.09. The number of nitrogens with zero attached hydrogens (tertiary/aromatic N) is 2. The maximum Gasteiger partial charge on any atom is 0.214 e. The van der Waals surface area contributed by atoms with Gasteiger partial charge in [-0.2, -0.15) is 0 Å². The molecule has 22 heavy (non-hydrogen) atoms. The first kappa shape index (κ1) is 16.4. The van der Waals surface area contributed by atoms with Gasteiger partial charge in [0, 0.05) is 11.6 Å². The topological polar surface area (TPSA) is 62.5 Å². The largest absolute Gasteiger partial charge is 0.444 e. The van der Waals surface area contributed by atoms with Gasteiger partial charge >= 0.3 is 0 Å². The molecule has 0 amide bonds. The fourth-order valence-electron chi connectivity index (χ4n) is 1.88. The molecule has 5 nitrogen and oxygen atoms in total. The first-order valence-corrected chi connectivity index (χ1v) is 7.65. The summed E-state index contributed by atoms with van der Waals surface area (Å²) in [6.45, 7) is 7.74. The van der Waals surface area contributed by atoms with Crippen LogP contribution in [0.5, 0.6) is 0 Å². The minimum atomic E-state index is 0.501. The Labute approximate surface area is 135 Å². The first-order valence-electron chi connectivity index (χ1n) is 7.28. The van der Waals surface area contributed by atoms with Crippen LogP contribution >= 0.6 is 11.6 Å². The van der Waals surface area contributed by atoms with E-state index in [1.807, 2.05) is 45.0 Å².